The lowest BCUT2D eigenvalue weighted by atomic mass is 10.00. The standard InChI is InChI=1S/C24H23N5O/c1-25-24(30)16-27-22-10-9-20(19-7-3-2-4-8-19)14-21(22)23-11-13-29(28-23)17-18-6-5-12-26-15-18/h2-15,27H,16-17H2,1H3,(H,25,30). The lowest BCUT2D eigenvalue weighted by Crippen LogP contribution is -2.26. The van der Waals surface area contributed by atoms with Crippen LogP contribution >= 0.6 is 0 Å². The molecule has 0 radical (unpaired) electrons. The first kappa shape index (κ1) is 19.4. The molecule has 0 spiro atoms. The van der Waals surface area contributed by atoms with E-state index < -0.39 is 0 Å². The molecule has 0 saturated carbocycles. The molecular formula is C24H23N5O. The van der Waals surface area contributed by atoms with Gasteiger partial charge in [0.05, 0.1) is 18.8 Å². The number of pyridine rings is 1. The van der Waals surface area contributed by atoms with Crippen LogP contribution in [-0.2, 0) is 11.3 Å². The number of benzene rings is 2. The van der Waals surface area contributed by atoms with Crippen LogP contribution in [0.5, 0.6) is 0 Å². The van der Waals surface area contributed by atoms with E-state index in [4.69, 9.17) is 5.10 Å². The van der Waals surface area contributed by atoms with Gasteiger partial charge in [0.15, 0.2) is 0 Å². The molecule has 2 heterocycles. The van der Waals surface area contributed by atoms with Crippen molar-refractivity contribution in [1.29, 1.82) is 0 Å². The van der Waals surface area contributed by atoms with E-state index in [0.717, 1.165) is 33.6 Å². The second kappa shape index (κ2) is 9.05. The zero-order chi connectivity index (χ0) is 20.8. The molecule has 6 nitrogen and oxygen atoms in total. The maximum Gasteiger partial charge on any atom is 0.239 e. The Labute approximate surface area is 175 Å². The molecule has 0 unspecified atom stereocenters. The Morgan fingerprint density at radius 1 is 1.00 bits per heavy atom. The number of likely N-dealkylation sites (N-methyl/N-ethyl adjacent to an activating group) is 1. The van der Waals surface area contributed by atoms with Crippen LogP contribution in [0.25, 0.3) is 22.4 Å². The Hall–Kier alpha value is -3.93. The monoisotopic (exact) mass is 397 g/mol. The van der Waals surface area contributed by atoms with Crippen LogP contribution in [0.1, 0.15) is 5.56 Å². The van der Waals surface area contributed by atoms with Crippen LogP contribution < -0.4 is 10.6 Å². The van der Waals surface area contributed by atoms with E-state index in [1.807, 2.05) is 59.5 Å². The van der Waals surface area contributed by atoms with Gasteiger partial charge in [0.1, 0.15) is 0 Å². The summed E-state index contributed by atoms with van der Waals surface area (Å²) in [6.07, 6.45) is 5.56. The van der Waals surface area contributed by atoms with Crippen LogP contribution in [0.4, 0.5) is 5.69 Å². The number of hydrogen-bond acceptors (Lipinski definition) is 4. The van der Waals surface area contributed by atoms with Gasteiger partial charge in [-0.05, 0) is 41.0 Å². The van der Waals surface area contributed by atoms with E-state index in [9.17, 15) is 4.79 Å². The highest BCUT2D eigenvalue weighted by Gasteiger charge is 2.12. The molecule has 4 rings (SSSR count). The van der Waals surface area contributed by atoms with Crippen molar-refractivity contribution >= 4 is 11.6 Å². The molecule has 0 fully saturated rings. The highest BCUT2D eigenvalue weighted by atomic mass is 16.1. The summed E-state index contributed by atoms with van der Waals surface area (Å²) in [5, 5.41) is 10.6. The number of hydrogen-bond donors (Lipinski definition) is 2. The lowest BCUT2D eigenvalue weighted by molar-refractivity contribution is -0.118. The van der Waals surface area contributed by atoms with Crippen molar-refractivity contribution in [3.63, 3.8) is 0 Å². The van der Waals surface area contributed by atoms with Gasteiger partial charge >= 0.3 is 0 Å². The number of anilines is 1. The summed E-state index contributed by atoms with van der Waals surface area (Å²) in [5.41, 5.74) is 5.97. The Morgan fingerprint density at radius 3 is 2.63 bits per heavy atom. The minimum atomic E-state index is -0.0739. The largest absolute Gasteiger partial charge is 0.376 e. The average molecular weight is 397 g/mol. The minimum absolute atomic E-state index is 0.0739. The minimum Gasteiger partial charge on any atom is -0.376 e. The molecule has 2 aromatic heterocycles. The molecule has 0 saturated heterocycles. The number of carbonyl (C=O) groups is 1. The first-order chi connectivity index (χ1) is 14.7. The smallest absolute Gasteiger partial charge is 0.239 e. The molecule has 2 N–H and O–H groups in total. The van der Waals surface area contributed by atoms with Crippen LogP contribution in [0.3, 0.4) is 0 Å². The summed E-state index contributed by atoms with van der Waals surface area (Å²) in [4.78, 5) is 15.9. The topological polar surface area (TPSA) is 71.8 Å². The average Bonchev–Trinajstić information content (AvgIpc) is 3.27. The summed E-state index contributed by atoms with van der Waals surface area (Å²) in [6, 6.07) is 22.3. The van der Waals surface area contributed by atoms with Crippen LogP contribution in [0.15, 0.2) is 85.3 Å². The quantitative estimate of drug-likeness (QED) is 0.497. The molecule has 0 aliphatic heterocycles. The molecule has 4 aromatic rings. The van der Waals surface area contributed by atoms with Crippen molar-refractivity contribution in [3.05, 3.63) is 90.9 Å². The summed E-state index contributed by atoms with van der Waals surface area (Å²) in [5.74, 6) is -0.0739. The van der Waals surface area contributed by atoms with Gasteiger partial charge in [-0.15, -0.1) is 0 Å². The Kier molecular flexibility index (Phi) is 5.85. The summed E-state index contributed by atoms with van der Waals surface area (Å²) in [6.45, 7) is 0.845. The normalized spacial score (nSPS) is 10.6. The summed E-state index contributed by atoms with van der Waals surface area (Å²) < 4.78 is 1.89. The van der Waals surface area contributed by atoms with E-state index in [0.29, 0.717) is 6.54 Å². The van der Waals surface area contributed by atoms with Gasteiger partial charge in [0.2, 0.25) is 5.91 Å². The van der Waals surface area contributed by atoms with Crippen molar-refractivity contribution in [2.24, 2.45) is 0 Å². The molecule has 0 aliphatic carbocycles. The number of nitrogens with zero attached hydrogens (tertiary/aromatic N) is 3. The second-order valence-electron chi connectivity index (χ2n) is 6.91. The maximum atomic E-state index is 11.7. The maximum absolute atomic E-state index is 11.7. The highest BCUT2D eigenvalue weighted by molar-refractivity contribution is 5.85. The summed E-state index contributed by atoms with van der Waals surface area (Å²) in [7, 11) is 1.63. The van der Waals surface area contributed by atoms with Gasteiger partial charge in [-0.2, -0.15) is 5.10 Å². The van der Waals surface area contributed by atoms with Crippen LogP contribution in [-0.4, -0.2) is 34.3 Å². The predicted molar refractivity (Wildman–Crippen MR) is 119 cm³/mol. The predicted octanol–water partition coefficient (Wildman–Crippen LogP) is 3.82. The molecule has 0 aliphatic rings. The fraction of sp³-hybridized carbons (Fsp3) is 0.125. The molecular weight excluding hydrogens is 374 g/mol. The van der Waals surface area contributed by atoms with Gasteiger partial charge in [-0.3, -0.25) is 14.5 Å². The number of carbonyl (C=O) groups excluding carboxylic acids is 1. The third-order valence-corrected chi connectivity index (χ3v) is 4.83. The number of rotatable bonds is 7. The van der Waals surface area contributed by atoms with E-state index in [1.165, 1.54) is 0 Å². The third-order valence-electron chi connectivity index (χ3n) is 4.83. The van der Waals surface area contributed by atoms with Crippen molar-refractivity contribution in [2.75, 3.05) is 18.9 Å². The van der Waals surface area contributed by atoms with Gasteiger partial charge in [-0.1, -0.05) is 42.5 Å². The number of nitrogens with one attached hydrogen (secondary N) is 2. The molecule has 150 valence electrons. The zero-order valence-electron chi connectivity index (χ0n) is 16.7. The van der Waals surface area contributed by atoms with Crippen molar-refractivity contribution in [2.45, 2.75) is 6.54 Å². The van der Waals surface area contributed by atoms with E-state index in [-0.39, 0.29) is 12.5 Å². The van der Waals surface area contributed by atoms with Gasteiger partial charge < -0.3 is 10.6 Å². The van der Waals surface area contributed by atoms with Crippen molar-refractivity contribution in [1.82, 2.24) is 20.1 Å². The van der Waals surface area contributed by atoms with Crippen molar-refractivity contribution < 1.29 is 4.79 Å². The van der Waals surface area contributed by atoms with Crippen molar-refractivity contribution in [3.8, 4) is 22.4 Å². The number of amides is 1. The Balaban J connectivity index is 1.67. The van der Waals surface area contributed by atoms with Crippen LogP contribution in [0, 0.1) is 0 Å². The molecule has 0 atom stereocenters. The van der Waals surface area contributed by atoms with E-state index in [1.54, 1.807) is 13.2 Å². The second-order valence-corrected chi connectivity index (χ2v) is 6.91. The molecule has 1 amide bonds. The fourth-order valence-electron chi connectivity index (χ4n) is 3.26. The third kappa shape index (κ3) is 4.55. The summed E-state index contributed by atoms with van der Waals surface area (Å²) >= 11 is 0. The fourth-order valence-corrected chi connectivity index (χ4v) is 3.26. The Bertz CT molecular complexity index is 1120. The zero-order valence-corrected chi connectivity index (χ0v) is 16.7. The van der Waals surface area contributed by atoms with Gasteiger partial charge in [-0.25, -0.2) is 0 Å². The number of aromatic nitrogens is 3. The van der Waals surface area contributed by atoms with E-state index in [2.05, 4.69) is 39.9 Å². The lowest BCUT2D eigenvalue weighted by Gasteiger charge is -2.13. The SMILES string of the molecule is CNC(=O)CNc1ccc(-c2ccccc2)cc1-c1ccn(Cc2cccnc2)n1. The Morgan fingerprint density at radius 2 is 1.87 bits per heavy atom. The van der Waals surface area contributed by atoms with E-state index >= 15 is 0 Å². The van der Waals surface area contributed by atoms with Gasteiger partial charge in [0.25, 0.3) is 0 Å². The molecule has 6 heteroatoms. The molecule has 0 bridgehead atoms. The van der Waals surface area contributed by atoms with Crippen LogP contribution in [0.2, 0.25) is 0 Å². The molecule has 30 heavy (non-hydrogen) atoms. The van der Waals surface area contributed by atoms with Gasteiger partial charge in [0, 0.05) is 36.9 Å². The first-order valence-corrected chi connectivity index (χ1v) is 9.79. The first-order valence-electron chi connectivity index (χ1n) is 9.79. The molecule has 2 aromatic carbocycles. The highest BCUT2D eigenvalue weighted by Crippen LogP contribution is 2.32.